The van der Waals surface area contributed by atoms with Gasteiger partial charge in [0, 0.05) is 5.39 Å². The van der Waals surface area contributed by atoms with E-state index in [9.17, 15) is 19.5 Å². The number of carboxylic acid groups (broad SMARTS) is 2. The van der Waals surface area contributed by atoms with E-state index in [0.29, 0.717) is 0 Å². The number of carboxylic acids is 2. The number of fused-ring (bicyclic) bond motifs is 1. The zero-order chi connectivity index (χ0) is 13.4. The molecule has 0 unspecified atom stereocenters. The van der Waals surface area contributed by atoms with Gasteiger partial charge in [-0.2, -0.15) is 0 Å². The van der Waals surface area contributed by atoms with Crippen LogP contribution in [0.15, 0.2) is 27.4 Å². The topological polar surface area (TPSA) is 125 Å². The van der Waals surface area contributed by atoms with Crippen molar-refractivity contribution in [2.24, 2.45) is 0 Å². The second-order valence-electron chi connectivity index (χ2n) is 3.43. The number of hydrogen-bond donors (Lipinski definition) is 3. The molecule has 7 nitrogen and oxygen atoms in total. The summed E-state index contributed by atoms with van der Waals surface area (Å²) >= 11 is 0. The molecular formula is C11H6O7. The smallest absolute Gasteiger partial charge is 0.379 e. The minimum Gasteiger partial charge on any atom is -0.501 e. The van der Waals surface area contributed by atoms with Gasteiger partial charge in [0.25, 0.3) is 0 Å². The monoisotopic (exact) mass is 250 g/mol. The molecule has 0 saturated carbocycles. The Balaban J connectivity index is 2.96. The highest BCUT2D eigenvalue weighted by molar-refractivity contribution is 6.06. The van der Waals surface area contributed by atoms with Gasteiger partial charge in [0.05, 0.1) is 5.56 Å². The summed E-state index contributed by atoms with van der Waals surface area (Å²) in [6.07, 6.45) is 0. The molecule has 1 heterocycles. The molecule has 0 saturated heterocycles. The zero-order valence-electron chi connectivity index (χ0n) is 8.71. The molecule has 2 rings (SSSR count). The highest BCUT2D eigenvalue weighted by Gasteiger charge is 2.20. The number of aromatic hydroxyl groups is 1. The lowest BCUT2D eigenvalue weighted by Gasteiger charge is -2.04. The van der Waals surface area contributed by atoms with E-state index in [1.165, 1.54) is 0 Å². The lowest BCUT2D eigenvalue weighted by atomic mass is 10.1. The Hall–Kier alpha value is -2.83. The molecule has 0 fully saturated rings. The standard InChI is InChI=1S/C11H6O7/c12-8-7(10(15)16)5-3-4(9(13)14)1-2-6(5)18-11(8)17/h1-3,12H,(H,13,14)(H,15,16). The maximum absolute atomic E-state index is 11.2. The molecule has 3 N–H and O–H groups in total. The summed E-state index contributed by atoms with van der Waals surface area (Å²) in [5.41, 5.74) is -2.16. The number of carbonyl (C=O) groups is 2. The van der Waals surface area contributed by atoms with Crippen molar-refractivity contribution in [1.29, 1.82) is 0 Å². The molecule has 1 aromatic heterocycles. The Labute approximate surface area is 98.5 Å². The van der Waals surface area contributed by atoms with Crippen LogP contribution in [0.25, 0.3) is 11.0 Å². The fraction of sp³-hybridized carbons (Fsp3) is 0. The van der Waals surface area contributed by atoms with Crippen LogP contribution < -0.4 is 5.63 Å². The van der Waals surface area contributed by atoms with Gasteiger partial charge in [-0.1, -0.05) is 0 Å². The van der Waals surface area contributed by atoms with E-state index in [1.807, 2.05) is 0 Å². The third-order valence-corrected chi connectivity index (χ3v) is 2.34. The largest absolute Gasteiger partial charge is 0.501 e. The molecule has 0 aliphatic heterocycles. The van der Waals surface area contributed by atoms with E-state index < -0.39 is 28.9 Å². The molecule has 0 atom stereocenters. The molecule has 0 aliphatic rings. The predicted molar refractivity (Wildman–Crippen MR) is 58.1 cm³/mol. The average Bonchev–Trinajstić information content (AvgIpc) is 2.29. The fourth-order valence-electron chi connectivity index (χ4n) is 1.54. The highest BCUT2D eigenvalue weighted by Crippen LogP contribution is 2.25. The zero-order valence-corrected chi connectivity index (χ0v) is 8.71. The second kappa shape index (κ2) is 3.88. The maximum atomic E-state index is 11.2. The first-order chi connectivity index (χ1) is 8.41. The van der Waals surface area contributed by atoms with E-state index in [4.69, 9.17) is 10.2 Å². The van der Waals surface area contributed by atoms with Gasteiger partial charge in [-0.15, -0.1) is 0 Å². The Kier molecular flexibility index (Phi) is 2.51. The number of benzene rings is 1. The van der Waals surface area contributed by atoms with Crippen LogP contribution in [0.3, 0.4) is 0 Å². The predicted octanol–water partition coefficient (Wildman–Crippen LogP) is 0.895. The Morgan fingerprint density at radius 3 is 2.33 bits per heavy atom. The van der Waals surface area contributed by atoms with Crippen molar-refractivity contribution < 1.29 is 29.3 Å². The van der Waals surface area contributed by atoms with Crippen LogP contribution in [0.5, 0.6) is 5.75 Å². The summed E-state index contributed by atoms with van der Waals surface area (Å²) in [7, 11) is 0. The van der Waals surface area contributed by atoms with Gasteiger partial charge in [-0.25, -0.2) is 14.4 Å². The van der Waals surface area contributed by atoms with E-state index in [2.05, 4.69) is 4.42 Å². The summed E-state index contributed by atoms with van der Waals surface area (Å²) in [6, 6.07) is 3.34. The summed E-state index contributed by atoms with van der Waals surface area (Å²) in [4.78, 5) is 32.9. The third-order valence-electron chi connectivity index (χ3n) is 2.34. The molecule has 92 valence electrons. The average molecular weight is 250 g/mol. The lowest BCUT2D eigenvalue weighted by molar-refractivity contribution is 0.0682. The first kappa shape index (κ1) is 11.6. The van der Waals surface area contributed by atoms with Crippen molar-refractivity contribution in [2.75, 3.05) is 0 Å². The lowest BCUT2D eigenvalue weighted by Crippen LogP contribution is -2.08. The van der Waals surface area contributed by atoms with Gasteiger partial charge in [0.2, 0.25) is 5.75 Å². The van der Waals surface area contributed by atoms with Crippen molar-refractivity contribution in [1.82, 2.24) is 0 Å². The Morgan fingerprint density at radius 1 is 1.11 bits per heavy atom. The summed E-state index contributed by atoms with van der Waals surface area (Å²) < 4.78 is 4.66. The third kappa shape index (κ3) is 1.67. The van der Waals surface area contributed by atoms with Crippen molar-refractivity contribution >= 4 is 22.9 Å². The van der Waals surface area contributed by atoms with E-state index in [-0.39, 0.29) is 16.5 Å². The van der Waals surface area contributed by atoms with Crippen molar-refractivity contribution in [3.8, 4) is 5.75 Å². The van der Waals surface area contributed by atoms with Crippen LogP contribution >= 0.6 is 0 Å². The van der Waals surface area contributed by atoms with E-state index in [0.717, 1.165) is 18.2 Å². The summed E-state index contributed by atoms with van der Waals surface area (Å²) in [6.45, 7) is 0. The molecule has 1 aromatic carbocycles. The van der Waals surface area contributed by atoms with Crippen LogP contribution in [-0.4, -0.2) is 27.3 Å². The van der Waals surface area contributed by atoms with Crippen molar-refractivity contribution in [3.05, 3.63) is 39.7 Å². The summed E-state index contributed by atoms with van der Waals surface area (Å²) in [5.74, 6) is -3.87. The van der Waals surface area contributed by atoms with Crippen molar-refractivity contribution in [3.63, 3.8) is 0 Å². The van der Waals surface area contributed by atoms with Crippen LogP contribution in [-0.2, 0) is 0 Å². The highest BCUT2D eigenvalue weighted by atomic mass is 16.4. The Bertz CT molecular complexity index is 726. The Morgan fingerprint density at radius 2 is 1.78 bits per heavy atom. The fourth-order valence-corrected chi connectivity index (χ4v) is 1.54. The molecule has 0 aliphatic carbocycles. The number of hydrogen-bond acceptors (Lipinski definition) is 5. The first-order valence-corrected chi connectivity index (χ1v) is 4.68. The molecule has 18 heavy (non-hydrogen) atoms. The van der Waals surface area contributed by atoms with Gasteiger partial charge in [-0.05, 0) is 18.2 Å². The molecule has 0 radical (unpaired) electrons. The molecule has 2 aromatic rings. The SMILES string of the molecule is O=C(O)c1ccc2oc(=O)c(O)c(C(=O)O)c2c1. The van der Waals surface area contributed by atoms with E-state index in [1.54, 1.807) is 0 Å². The number of aromatic carboxylic acids is 2. The van der Waals surface area contributed by atoms with E-state index >= 15 is 0 Å². The van der Waals surface area contributed by atoms with Crippen LogP contribution in [0, 0.1) is 0 Å². The van der Waals surface area contributed by atoms with Crippen LogP contribution in [0.2, 0.25) is 0 Å². The minimum atomic E-state index is -1.55. The van der Waals surface area contributed by atoms with Gasteiger partial charge >= 0.3 is 17.6 Å². The molecule has 7 heteroatoms. The first-order valence-electron chi connectivity index (χ1n) is 4.68. The van der Waals surface area contributed by atoms with Gasteiger partial charge in [-0.3, -0.25) is 0 Å². The van der Waals surface area contributed by atoms with Crippen LogP contribution in [0.4, 0.5) is 0 Å². The van der Waals surface area contributed by atoms with Gasteiger partial charge in [0.15, 0.2) is 0 Å². The summed E-state index contributed by atoms with van der Waals surface area (Å²) in [5, 5.41) is 26.9. The number of rotatable bonds is 2. The second-order valence-corrected chi connectivity index (χ2v) is 3.43. The maximum Gasteiger partial charge on any atom is 0.379 e. The quantitative estimate of drug-likeness (QED) is 0.676. The molecule has 0 spiro atoms. The molecule has 0 amide bonds. The van der Waals surface area contributed by atoms with Gasteiger partial charge < -0.3 is 19.7 Å². The molecular weight excluding hydrogens is 244 g/mol. The van der Waals surface area contributed by atoms with Gasteiger partial charge in [0.1, 0.15) is 11.1 Å². The van der Waals surface area contributed by atoms with Crippen molar-refractivity contribution in [2.45, 2.75) is 0 Å². The minimum absolute atomic E-state index is 0.111. The molecule has 0 bridgehead atoms. The van der Waals surface area contributed by atoms with Crippen LogP contribution in [0.1, 0.15) is 20.7 Å². The normalized spacial score (nSPS) is 10.4.